The average Bonchev–Trinajstić information content (AvgIpc) is 2.80. The lowest BCUT2D eigenvalue weighted by atomic mass is 9.79. The number of methoxy groups -OCH3 is 1. The van der Waals surface area contributed by atoms with Crippen LogP contribution in [0.1, 0.15) is 56.7 Å². The molecule has 1 saturated heterocycles. The van der Waals surface area contributed by atoms with Gasteiger partial charge in [0.1, 0.15) is 11.3 Å². The highest BCUT2D eigenvalue weighted by Gasteiger charge is 2.37. The van der Waals surface area contributed by atoms with Crippen LogP contribution in [-0.4, -0.2) is 36.6 Å². The van der Waals surface area contributed by atoms with Crippen LogP contribution in [0.3, 0.4) is 0 Å². The maximum Gasteiger partial charge on any atom is 0.270 e. The lowest BCUT2D eigenvalue weighted by molar-refractivity contribution is -0.122. The Balaban J connectivity index is 1.78. The molecule has 4 rings (SSSR count). The third kappa shape index (κ3) is 4.09. The van der Waals surface area contributed by atoms with Gasteiger partial charge in [0, 0.05) is 29.9 Å². The fourth-order valence-electron chi connectivity index (χ4n) is 4.83. The standard InChI is InChI=1S/C27H31N3O3S/c1-7-17-8-10-19(11-9-17)30-25(32)21(24(31)28-26(30)34)13-18-12-20-16(2)15-27(3,4)29(5)22(20)14-23(18)33-6/h8-14,16H,7,15H2,1-6H3,(H,28,31,34)/b21-13-. The molecule has 6 nitrogen and oxygen atoms in total. The molecule has 178 valence electrons. The van der Waals surface area contributed by atoms with Crippen molar-refractivity contribution in [1.82, 2.24) is 5.32 Å². The first-order valence-corrected chi connectivity index (χ1v) is 11.9. The fourth-order valence-corrected chi connectivity index (χ4v) is 5.11. The van der Waals surface area contributed by atoms with Crippen LogP contribution in [0.25, 0.3) is 6.08 Å². The molecule has 0 bridgehead atoms. The van der Waals surface area contributed by atoms with Crippen molar-refractivity contribution in [2.75, 3.05) is 24.0 Å². The van der Waals surface area contributed by atoms with Gasteiger partial charge in [-0.05, 0) is 80.2 Å². The maximum atomic E-state index is 13.5. The van der Waals surface area contributed by atoms with Crippen molar-refractivity contribution in [2.24, 2.45) is 0 Å². The Morgan fingerprint density at radius 2 is 1.88 bits per heavy atom. The Morgan fingerprint density at radius 1 is 1.21 bits per heavy atom. The van der Waals surface area contributed by atoms with E-state index in [0.717, 1.165) is 24.1 Å². The van der Waals surface area contributed by atoms with E-state index in [2.05, 4.69) is 45.0 Å². The molecule has 0 aliphatic carbocycles. The molecule has 2 aliphatic heterocycles. The molecular weight excluding hydrogens is 446 g/mol. The molecule has 0 aromatic heterocycles. The SMILES string of the molecule is CCc1ccc(N2C(=O)/C(=C\c3cc4c(cc3OC)N(C)C(C)(C)CC4C)C(=O)NC2=S)cc1. The zero-order chi connectivity index (χ0) is 24.8. The zero-order valence-corrected chi connectivity index (χ0v) is 21.4. The number of nitrogens with one attached hydrogen (secondary N) is 1. The van der Waals surface area contributed by atoms with Crippen molar-refractivity contribution in [2.45, 2.75) is 52.0 Å². The highest BCUT2D eigenvalue weighted by Crippen LogP contribution is 2.45. The first kappa shape index (κ1) is 24.0. The van der Waals surface area contributed by atoms with Crippen molar-refractivity contribution < 1.29 is 14.3 Å². The molecule has 2 heterocycles. The van der Waals surface area contributed by atoms with E-state index >= 15 is 0 Å². The highest BCUT2D eigenvalue weighted by molar-refractivity contribution is 7.80. The number of hydrogen-bond acceptors (Lipinski definition) is 5. The summed E-state index contributed by atoms with van der Waals surface area (Å²) in [6.45, 7) is 8.72. The van der Waals surface area contributed by atoms with Gasteiger partial charge < -0.3 is 9.64 Å². The van der Waals surface area contributed by atoms with E-state index in [-0.39, 0.29) is 16.2 Å². The van der Waals surface area contributed by atoms with Gasteiger partial charge >= 0.3 is 0 Å². The summed E-state index contributed by atoms with van der Waals surface area (Å²) in [4.78, 5) is 29.9. The lowest BCUT2D eigenvalue weighted by Gasteiger charge is -2.45. The predicted molar refractivity (Wildman–Crippen MR) is 141 cm³/mol. The molecule has 7 heteroatoms. The second kappa shape index (κ2) is 8.87. The van der Waals surface area contributed by atoms with Crippen LogP contribution in [-0.2, 0) is 16.0 Å². The summed E-state index contributed by atoms with van der Waals surface area (Å²) in [7, 11) is 3.68. The monoisotopic (exact) mass is 477 g/mol. The van der Waals surface area contributed by atoms with Gasteiger partial charge in [0.2, 0.25) is 0 Å². The minimum absolute atomic E-state index is 0.0140. The number of hydrogen-bond donors (Lipinski definition) is 1. The maximum absolute atomic E-state index is 13.5. The van der Waals surface area contributed by atoms with E-state index in [1.807, 2.05) is 36.4 Å². The van der Waals surface area contributed by atoms with Gasteiger partial charge in [-0.3, -0.25) is 19.8 Å². The topological polar surface area (TPSA) is 61.9 Å². The largest absolute Gasteiger partial charge is 0.496 e. The number of ether oxygens (including phenoxy) is 1. The number of thiocarbonyl (C=S) groups is 1. The summed E-state index contributed by atoms with van der Waals surface area (Å²) in [6, 6.07) is 11.6. The van der Waals surface area contributed by atoms with Gasteiger partial charge in [-0.15, -0.1) is 0 Å². The van der Waals surface area contributed by atoms with Crippen LogP contribution < -0.4 is 19.9 Å². The summed E-state index contributed by atoms with van der Waals surface area (Å²) >= 11 is 5.34. The summed E-state index contributed by atoms with van der Waals surface area (Å²) < 4.78 is 5.68. The van der Waals surface area contributed by atoms with Crippen molar-refractivity contribution in [1.29, 1.82) is 0 Å². The van der Waals surface area contributed by atoms with Gasteiger partial charge in [0.15, 0.2) is 5.11 Å². The third-order valence-electron chi connectivity index (χ3n) is 6.99. The van der Waals surface area contributed by atoms with Crippen molar-refractivity contribution in [3.8, 4) is 5.75 Å². The van der Waals surface area contributed by atoms with Gasteiger partial charge in [-0.2, -0.15) is 0 Å². The summed E-state index contributed by atoms with van der Waals surface area (Å²) in [5.41, 5.74) is 4.76. The number of carbonyl (C=O) groups is 2. The summed E-state index contributed by atoms with van der Waals surface area (Å²) in [5.74, 6) is -0.0385. The van der Waals surface area contributed by atoms with Gasteiger partial charge in [-0.1, -0.05) is 26.0 Å². The number of amides is 2. The number of carbonyl (C=O) groups excluding carboxylic acids is 2. The minimum Gasteiger partial charge on any atom is -0.496 e. The highest BCUT2D eigenvalue weighted by atomic mass is 32.1. The summed E-state index contributed by atoms with van der Waals surface area (Å²) in [6.07, 6.45) is 3.50. The van der Waals surface area contributed by atoms with Gasteiger partial charge in [-0.25, -0.2) is 0 Å². The smallest absolute Gasteiger partial charge is 0.270 e. The second-order valence-electron chi connectivity index (χ2n) is 9.61. The van der Waals surface area contributed by atoms with Crippen LogP contribution in [0.2, 0.25) is 0 Å². The zero-order valence-electron chi connectivity index (χ0n) is 20.6. The van der Waals surface area contributed by atoms with Gasteiger partial charge in [0.25, 0.3) is 11.8 Å². The molecular formula is C27H31N3O3S. The number of aryl methyl sites for hydroxylation is 1. The lowest BCUT2D eigenvalue weighted by Crippen LogP contribution is -2.54. The minimum atomic E-state index is -0.512. The van der Waals surface area contributed by atoms with Crippen LogP contribution in [0.5, 0.6) is 5.75 Å². The second-order valence-corrected chi connectivity index (χ2v) is 9.99. The Morgan fingerprint density at radius 3 is 2.50 bits per heavy atom. The molecule has 1 N–H and O–H groups in total. The Hall–Kier alpha value is -3.19. The van der Waals surface area contributed by atoms with E-state index in [9.17, 15) is 9.59 Å². The van der Waals surface area contributed by atoms with E-state index < -0.39 is 11.8 Å². The predicted octanol–water partition coefficient (Wildman–Crippen LogP) is 4.81. The van der Waals surface area contributed by atoms with Crippen LogP contribution >= 0.6 is 12.2 Å². The third-order valence-corrected chi connectivity index (χ3v) is 7.27. The van der Waals surface area contributed by atoms with Crippen LogP contribution in [0.4, 0.5) is 11.4 Å². The quantitative estimate of drug-likeness (QED) is 0.389. The van der Waals surface area contributed by atoms with E-state index in [0.29, 0.717) is 22.9 Å². The van der Waals surface area contributed by atoms with E-state index in [1.165, 1.54) is 10.5 Å². The number of fused-ring (bicyclic) bond motifs is 1. The van der Waals surface area contributed by atoms with Gasteiger partial charge in [0.05, 0.1) is 12.8 Å². The van der Waals surface area contributed by atoms with E-state index in [1.54, 1.807) is 13.2 Å². The number of anilines is 2. The molecule has 0 radical (unpaired) electrons. The molecule has 2 aliphatic rings. The Kier molecular flexibility index (Phi) is 6.25. The first-order valence-electron chi connectivity index (χ1n) is 11.5. The molecule has 1 atom stereocenters. The average molecular weight is 478 g/mol. The fraction of sp³-hybridized carbons (Fsp3) is 0.370. The summed E-state index contributed by atoms with van der Waals surface area (Å²) in [5, 5.41) is 2.74. The van der Waals surface area contributed by atoms with Crippen LogP contribution in [0, 0.1) is 0 Å². The normalized spacial score (nSPS) is 20.9. The molecule has 34 heavy (non-hydrogen) atoms. The molecule has 2 aromatic rings. The molecule has 1 fully saturated rings. The molecule has 2 amide bonds. The van der Waals surface area contributed by atoms with Crippen molar-refractivity contribution in [3.63, 3.8) is 0 Å². The van der Waals surface area contributed by atoms with Crippen LogP contribution in [0.15, 0.2) is 42.0 Å². The molecule has 0 spiro atoms. The molecule has 0 saturated carbocycles. The van der Waals surface area contributed by atoms with Crippen molar-refractivity contribution >= 4 is 46.6 Å². The Bertz CT molecular complexity index is 1200. The van der Waals surface area contributed by atoms with Crippen molar-refractivity contribution in [3.05, 3.63) is 58.7 Å². The first-order chi connectivity index (χ1) is 16.1. The molecule has 1 unspecified atom stereocenters. The number of rotatable bonds is 4. The number of nitrogens with zero attached hydrogens (tertiary/aromatic N) is 2. The molecule has 2 aromatic carbocycles. The number of benzene rings is 2. The van der Waals surface area contributed by atoms with E-state index in [4.69, 9.17) is 17.0 Å². The Labute approximate surface area is 206 Å².